The Morgan fingerprint density at radius 1 is 1.18 bits per heavy atom. The smallest absolute Gasteiger partial charge is 0.415 e. The highest BCUT2D eigenvalue weighted by atomic mass is 35.5. The van der Waals surface area contributed by atoms with Gasteiger partial charge in [-0.2, -0.15) is 4.98 Å². The number of aromatic nitrogens is 2. The lowest BCUT2D eigenvalue weighted by molar-refractivity contribution is 0.0928. The molecule has 2 aliphatic rings. The Hall–Kier alpha value is -2.87. The molecule has 1 aromatic heterocycles. The summed E-state index contributed by atoms with van der Waals surface area (Å²) in [5.41, 5.74) is 1.38. The van der Waals surface area contributed by atoms with E-state index in [2.05, 4.69) is 20.6 Å². The van der Waals surface area contributed by atoms with Crippen molar-refractivity contribution in [1.29, 1.82) is 0 Å². The van der Waals surface area contributed by atoms with Crippen molar-refractivity contribution in [2.24, 2.45) is 5.92 Å². The normalized spacial score (nSPS) is 19.7. The molecule has 2 atom stereocenters. The minimum Gasteiger partial charge on any atom is -0.447 e. The molecule has 1 unspecified atom stereocenters. The third kappa shape index (κ3) is 5.43. The van der Waals surface area contributed by atoms with Crippen LogP contribution in [0.25, 0.3) is 0 Å². The van der Waals surface area contributed by atoms with Gasteiger partial charge in [0.05, 0.1) is 22.7 Å². The zero-order valence-corrected chi connectivity index (χ0v) is 20.6. The number of halogens is 1. The van der Waals surface area contributed by atoms with Crippen molar-refractivity contribution in [3.8, 4) is 0 Å². The molecule has 1 saturated heterocycles. The van der Waals surface area contributed by atoms with Crippen LogP contribution in [0.15, 0.2) is 30.5 Å². The largest absolute Gasteiger partial charge is 0.447 e. The maximum Gasteiger partial charge on any atom is 0.415 e. The van der Waals surface area contributed by atoms with E-state index in [1.54, 1.807) is 29.3 Å². The van der Waals surface area contributed by atoms with Crippen LogP contribution in [0, 0.1) is 5.92 Å². The molecule has 2 heterocycles. The highest BCUT2D eigenvalue weighted by Crippen LogP contribution is 2.28. The van der Waals surface area contributed by atoms with Gasteiger partial charge in [-0.1, -0.05) is 50.8 Å². The number of ether oxygens (including phenoxy) is 1. The summed E-state index contributed by atoms with van der Waals surface area (Å²) in [6, 6.07) is 7.13. The molecule has 2 fully saturated rings. The molecule has 0 bridgehead atoms. The second kappa shape index (κ2) is 10.6. The Balaban J connectivity index is 1.44. The molecule has 182 valence electrons. The van der Waals surface area contributed by atoms with Crippen molar-refractivity contribution in [2.75, 3.05) is 16.8 Å². The van der Waals surface area contributed by atoms with Crippen molar-refractivity contribution >= 4 is 35.4 Å². The van der Waals surface area contributed by atoms with E-state index in [1.807, 2.05) is 26.8 Å². The number of hydrogen-bond donors (Lipinski definition) is 2. The summed E-state index contributed by atoms with van der Waals surface area (Å²) in [5, 5.41) is 6.78. The average molecular weight is 486 g/mol. The molecular formula is C25H32ClN5O3. The molecule has 4 rings (SSSR count). The van der Waals surface area contributed by atoms with Crippen LogP contribution in [0.1, 0.15) is 74.8 Å². The maximum absolute atomic E-state index is 12.7. The number of nitrogens with one attached hydrogen (secondary N) is 2. The van der Waals surface area contributed by atoms with Crippen molar-refractivity contribution in [1.82, 2.24) is 15.3 Å². The Kier molecular flexibility index (Phi) is 7.56. The van der Waals surface area contributed by atoms with E-state index in [-0.39, 0.29) is 30.0 Å². The predicted octanol–water partition coefficient (Wildman–Crippen LogP) is 5.35. The van der Waals surface area contributed by atoms with E-state index < -0.39 is 6.09 Å². The van der Waals surface area contributed by atoms with Crippen LogP contribution >= 0.6 is 11.6 Å². The zero-order valence-electron chi connectivity index (χ0n) is 19.9. The molecule has 1 aromatic carbocycles. The van der Waals surface area contributed by atoms with Gasteiger partial charge in [-0.05, 0) is 49.4 Å². The van der Waals surface area contributed by atoms with Gasteiger partial charge in [0.1, 0.15) is 12.4 Å². The Morgan fingerprint density at radius 3 is 2.65 bits per heavy atom. The molecule has 2 aromatic rings. The molecular weight excluding hydrogens is 454 g/mol. The summed E-state index contributed by atoms with van der Waals surface area (Å²) in [7, 11) is 0. The van der Waals surface area contributed by atoms with Gasteiger partial charge in [-0.25, -0.2) is 9.78 Å². The standard InChI is InChI=1S/C25H32ClN5O3/c1-15(2)21-14-34-25(33)31(21)22-11-12-27-24(30-22)28-16(3)17-9-10-19(20(26)13-17)23(32)29-18-7-5-4-6-8-18/h9-13,15-16,18,21H,4-8,14H2,1-3H3,(H,29,32)(H,27,28,30)/t16-,21?/m0/s1. The first-order valence-corrected chi connectivity index (χ1v) is 12.4. The molecule has 1 saturated carbocycles. The number of carbonyl (C=O) groups excluding carboxylic acids is 2. The van der Waals surface area contributed by atoms with E-state index in [1.165, 1.54) is 6.42 Å². The fraction of sp³-hybridized carbons (Fsp3) is 0.520. The van der Waals surface area contributed by atoms with E-state index in [0.29, 0.717) is 29.0 Å². The molecule has 0 radical (unpaired) electrons. The molecule has 0 spiro atoms. The fourth-order valence-corrected chi connectivity index (χ4v) is 4.79. The number of cyclic esters (lactones) is 1. The number of hydrogen-bond acceptors (Lipinski definition) is 6. The maximum atomic E-state index is 12.7. The summed E-state index contributed by atoms with van der Waals surface area (Å²) in [4.78, 5) is 35.4. The van der Waals surface area contributed by atoms with Gasteiger partial charge >= 0.3 is 6.09 Å². The monoisotopic (exact) mass is 485 g/mol. The lowest BCUT2D eigenvalue weighted by Crippen LogP contribution is -2.37. The van der Waals surface area contributed by atoms with Crippen LogP contribution in [-0.4, -0.2) is 40.7 Å². The third-order valence-electron chi connectivity index (χ3n) is 6.59. The minimum absolute atomic E-state index is 0.0706. The lowest BCUT2D eigenvalue weighted by Gasteiger charge is -2.24. The number of amides is 2. The van der Waals surface area contributed by atoms with E-state index >= 15 is 0 Å². The van der Waals surface area contributed by atoms with Gasteiger partial charge in [-0.3, -0.25) is 9.69 Å². The summed E-state index contributed by atoms with van der Waals surface area (Å²) in [5.74, 6) is 0.992. The second-order valence-corrected chi connectivity index (χ2v) is 9.82. The number of rotatable bonds is 7. The van der Waals surface area contributed by atoms with Crippen LogP contribution in [0.5, 0.6) is 0 Å². The van der Waals surface area contributed by atoms with Gasteiger partial charge in [0.15, 0.2) is 0 Å². The Bertz CT molecular complexity index is 1040. The van der Waals surface area contributed by atoms with Crippen molar-refractivity contribution in [2.45, 2.75) is 71.0 Å². The minimum atomic E-state index is -0.398. The van der Waals surface area contributed by atoms with E-state index in [0.717, 1.165) is 31.2 Å². The molecule has 34 heavy (non-hydrogen) atoms. The molecule has 9 heteroatoms. The van der Waals surface area contributed by atoms with Crippen LogP contribution in [0.3, 0.4) is 0 Å². The van der Waals surface area contributed by atoms with E-state index in [4.69, 9.17) is 16.3 Å². The van der Waals surface area contributed by atoms with Gasteiger partial charge in [0, 0.05) is 12.2 Å². The van der Waals surface area contributed by atoms with Gasteiger partial charge in [-0.15, -0.1) is 0 Å². The van der Waals surface area contributed by atoms with Gasteiger partial charge < -0.3 is 15.4 Å². The SMILES string of the molecule is CC(C)C1COC(=O)N1c1ccnc(N[C@@H](C)c2ccc(C(=O)NC3CCCCC3)c(Cl)c2)n1. The fourth-order valence-electron chi connectivity index (χ4n) is 4.51. The first-order chi connectivity index (χ1) is 16.3. The van der Waals surface area contributed by atoms with Crippen molar-refractivity contribution in [3.63, 3.8) is 0 Å². The number of benzene rings is 1. The van der Waals surface area contributed by atoms with Crippen molar-refractivity contribution < 1.29 is 14.3 Å². The highest BCUT2D eigenvalue weighted by Gasteiger charge is 2.37. The van der Waals surface area contributed by atoms with Crippen LogP contribution in [-0.2, 0) is 4.74 Å². The summed E-state index contributed by atoms with van der Waals surface area (Å²) in [6.07, 6.45) is 6.81. The number of anilines is 2. The molecule has 1 aliphatic heterocycles. The summed E-state index contributed by atoms with van der Waals surface area (Å²) < 4.78 is 5.23. The quantitative estimate of drug-likeness (QED) is 0.549. The molecule has 8 nitrogen and oxygen atoms in total. The molecule has 2 N–H and O–H groups in total. The topological polar surface area (TPSA) is 96.5 Å². The Morgan fingerprint density at radius 2 is 1.94 bits per heavy atom. The van der Waals surface area contributed by atoms with Crippen LogP contribution in [0.4, 0.5) is 16.6 Å². The highest BCUT2D eigenvalue weighted by molar-refractivity contribution is 6.33. The first-order valence-electron chi connectivity index (χ1n) is 12.0. The predicted molar refractivity (Wildman–Crippen MR) is 132 cm³/mol. The Labute approximate surface area is 205 Å². The number of nitrogens with zero attached hydrogens (tertiary/aromatic N) is 3. The van der Waals surface area contributed by atoms with Crippen molar-refractivity contribution in [3.05, 3.63) is 46.6 Å². The van der Waals surface area contributed by atoms with E-state index in [9.17, 15) is 9.59 Å². The summed E-state index contributed by atoms with van der Waals surface area (Å²) in [6.45, 7) is 6.40. The van der Waals surface area contributed by atoms with Crippen LogP contribution in [0.2, 0.25) is 5.02 Å². The third-order valence-corrected chi connectivity index (χ3v) is 6.90. The number of carbonyl (C=O) groups is 2. The lowest BCUT2D eigenvalue weighted by atomic mass is 9.95. The van der Waals surface area contributed by atoms with Crippen LogP contribution < -0.4 is 15.5 Å². The van der Waals surface area contributed by atoms with Gasteiger partial charge in [0.25, 0.3) is 5.91 Å². The first kappa shape index (κ1) is 24.3. The zero-order chi connectivity index (χ0) is 24.2. The van der Waals surface area contributed by atoms with Gasteiger partial charge in [0.2, 0.25) is 5.95 Å². The summed E-state index contributed by atoms with van der Waals surface area (Å²) >= 11 is 6.48. The molecule has 2 amide bonds. The average Bonchev–Trinajstić information content (AvgIpc) is 3.21. The molecule has 1 aliphatic carbocycles. The second-order valence-electron chi connectivity index (χ2n) is 9.41.